The summed E-state index contributed by atoms with van der Waals surface area (Å²) in [6, 6.07) is 4.12. The number of thiophene rings is 2. The Morgan fingerprint density at radius 3 is 1.70 bits per heavy atom. The molecule has 0 unspecified atom stereocenters. The second kappa shape index (κ2) is 52.9. The number of nitrogens with one attached hydrogen (secondary N) is 15. The first kappa shape index (κ1) is 115. The molecule has 18 amide bonds. The molecule has 6 aliphatic rings. The standard InChI is InChI=1S/C104H136N18O25S2/c1-61(83(105)129)107-85(131)71-35-36-80(124)106-45-24-18-33-70-91(137)120-103(97(144)115-73(53-66-37-49-148-58-66)87(133)113-75(88(134)110-71)54-68-59-149-79-34-17-16-32-69(68)79)44-47-121(60-103)99(146)147-48-25-12-8-7-9-19-38-102(39-20-10-11-21-42-104(43-27-46-122(104)63(3)123)98(145)117-77(56-82(127)128)90(136)114-78(93(139)119-102)57-100(4,5)6)96(143)116-76(55-81(125)126)89(135)112-74(52-65-30-26-31-67(50-65)94(140)141)92(138)118-101(40-22-23-41-101)95(142)108-62(2)84(130)111-72(86(132)109-70)51-64-28-14-13-15-29-64/h7-8,11,13-17,21,26,28-32,34,37,49-50,58-59,61-62,70-78H,9-10,12,18-20,22-25,27,33,35-36,38-48,51-57,60H2,1-6H3,(H2,105,129)(H,106,124)(H,107,131)(H,108,142)(H,109,132)(H,110,134)(H,111,130)(H,112,135)(H,113,133)(H,114,136)(H,115,144)(H,116,143)(H,117,145)(H,118,138)(H,119,139)(H,120,137)(H,125,126)(H,127,128)(H,140,141)/b8-7-,21-11+/t61-,62-,70-,71-,72-,73-,74-,75-,76-,77-,78-,102+,103-,104-/m0/s1. The molecule has 0 radical (unpaired) electrons. The van der Waals surface area contributed by atoms with Crippen molar-refractivity contribution in [3.8, 4) is 0 Å². The molecule has 5 aliphatic heterocycles. The van der Waals surface area contributed by atoms with E-state index in [-0.39, 0.29) is 185 Å². The third-order valence-electron chi connectivity index (χ3n) is 27.7. The SMILES string of the molecule is CC(=O)N1CCC[C@]12C/C=C/CCC[C@@]1(CCC/C=C\CCCOC(=O)N3CC[C@@]4(C3)NC(=O)[C@H](CCCCNC(=O)CC[C@@H](C(=O)N[C@@H](C)C(N)=O)NC(=O)[C@H](Cc3csc5ccccc35)NC(=O)[C@H](Cc3ccsc3)NC4=O)NC(=O)[C@H](Cc3ccccc3)NC(=O)[C@H](C)NC(=O)C3(CCCC3)NC(=O)[C@H](Cc3cccc(C(=O)O)c3)NC(=O)[C@H](CC(=O)O)NC1=O)NC(=O)[C@H](CC(C)(C)C)NC(=O)[C@H](CC(=O)O)NC2=O. The number of primary amides is 1. The average molecular weight is 2100 g/mol. The molecule has 1 saturated carbocycles. The zero-order valence-corrected chi connectivity index (χ0v) is 86.1. The van der Waals surface area contributed by atoms with Crippen LogP contribution in [0, 0.1) is 5.41 Å². The topological polar surface area (TPSA) is 641 Å². The van der Waals surface area contributed by atoms with E-state index in [0.29, 0.717) is 23.1 Å². The summed E-state index contributed by atoms with van der Waals surface area (Å²) in [5, 5.41) is 78.0. The quantitative estimate of drug-likeness (QED) is 0.0594. The van der Waals surface area contributed by atoms with Gasteiger partial charge in [-0.15, -0.1) is 11.3 Å². The summed E-state index contributed by atoms with van der Waals surface area (Å²) in [7, 11) is 0. The lowest BCUT2D eigenvalue weighted by molar-refractivity contribution is -0.146. The van der Waals surface area contributed by atoms with Crippen LogP contribution < -0.4 is 85.5 Å². The number of amides is 18. The number of aliphatic carboxylic acids is 2. The van der Waals surface area contributed by atoms with Crippen molar-refractivity contribution in [3.05, 3.63) is 153 Å². The molecule has 5 aromatic rings. The van der Waals surface area contributed by atoms with Crippen LogP contribution in [0.15, 0.2) is 125 Å². The minimum absolute atomic E-state index is 0.00320. The number of carboxylic acid groups (broad SMARTS) is 3. The predicted molar refractivity (Wildman–Crippen MR) is 545 cm³/mol. The van der Waals surface area contributed by atoms with E-state index >= 15 is 52.7 Å². The Morgan fingerprint density at radius 2 is 1.05 bits per heavy atom. The predicted octanol–water partition coefficient (Wildman–Crippen LogP) is 3.27. The first-order chi connectivity index (χ1) is 70.9. The molecule has 804 valence electrons. The zero-order chi connectivity index (χ0) is 108. The number of rotatable bonds is 17. The largest absolute Gasteiger partial charge is 0.481 e. The van der Waals surface area contributed by atoms with Crippen molar-refractivity contribution in [2.75, 3.05) is 32.8 Å². The zero-order valence-electron chi connectivity index (χ0n) is 84.4. The van der Waals surface area contributed by atoms with E-state index in [9.17, 15) is 63.3 Å². The van der Waals surface area contributed by atoms with E-state index in [1.165, 1.54) is 72.6 Å². The van der Waals surface area contributed by atoms with Crippen LogP contribution in [0.3, 0.4) is 0 Å². The van der Waals surface area contributed by atoms with Gasteiger partial charge in [-0.3, -0.25) is 91.1 Å². The number of carbonyl (C=O) groups excluding carboxylic acids is 18. The van der Waals surface area contributed by atoms with Gasteiger partial charge < -0.3 is 115 Å². The molecule has 4 fully saturated rings. The van der Waals surface area contributed by atoms with Crippen molar-refractivity contribution < 1.29 is 121 Å². The number of aromatic carboxylic acids is 1. The number of ether oxygens (including phenoxy) is 1. The summed E-state index contributed by atoms with van der Waals surface area (Å²) < 4.78 is 6.73. The number of nitrogens with zero attached hydrogens (tertiary/aromatic N) is 2. The molecule has 2 aromatic heterocycles. The fourth-order valence-electron chi connectivity index (χ4n) is 19.5. The summed E-state index contributed by atoms with van der Waals surface area (Å²) in [6.07, 6.45) is 1.34. The number of hydrogen-bond acceptors (Lipinski definition) is 24. The Hall–Kier alpha value is -14.5. The first-order valence-electron chi connectivity index (χ1n) is 50.5. The number of carboxylic acids is 3. The van der Waals surface area contributed by atoms with E-state index in [0.717, 1.165) is 15.0 Å². The highest BCUT2D eigenvalue weighted by Crippen LogP contribution is 2.37. The van der Waals surface area contributed by atoms with E-state index in [1.54, 1.807) is 104 Å². The Balaban J connectivity index is 0.985. The van der Waals surface area contributed by atoms with Crippen molar-refractivity contribution in [1.82, 2.24) is 89.6 Å². The molecule has 3 saturated heterocycles. The number of likely N-dealkylation sites (tertiary alicyclic amines) is 1. The van der Waals surface area contributed by atoms with Crippen LogP contribution in [0.25, 0.3) is 10.1 Å². The molecular weight excluding hydrogens is 1970 g/mol. The van der Waals surface area contributed by atoms with E-state index in [1.807, 2.05) is 18.2 Å². The highest BCUT2D eigenvalue weighted by molar-refractivity contribution is 7.17. The summed E-state index contributed by atoms with van der Waals surface area (Å²) in [5.41, 5.74) is -1.84. The number of allylic oxidation sites excluding steroid dienone is 3. The van der Waals surface area contributed by atoms with Gasteiger partial charge in [-0.1, -0.05) is 119 Å². The minimum atomic E-state index is -2.22. The summed E-state index contributed by atoms with van der Waals surface area (Å²) in [5.74, 6) is -21.0. The minimum Gasteiger partial charge on any atom is -0.481 e. The molecule has 43 nitrogen and oxygen atoms in total. The summed E-state index contributed by atoms with van der Waals surface area (Å²) in [4.78, 5) is 311. The fourth-order valence-corrected chi connectivity index (χ4v) is 21.2. The lowest BCUT2D eigenvalue weighted by Crippen LogP contribution is -2.67. The Labute approximate surface area is 869 Å². The molecule has 4 spiro atoms. The number of nitrogens with two attached hydrogens (primary N) is 1. The first-order valence-corrected chi connectivity index (χ1v) is 52.3. The molecule has 14 atom stereocenters. The Kier molecular flexibility index (Phi) is 40.7. The molecule has 11 rings (SSSR count). The van der Waals surface area contributed by atoms with Crippen molar-refractivity contribution in [1.29, 1.82) is 0 Å². The summed E-state index contributed by atoms with van der Waals surface area (Å²) in [6.45, 7) is 7.86. The lowest BCUT2D eigenvalue weighted by atomic mass is 9.83. The molecular formula is C104H136N18O25S2. The van der Waals surface area contributed by atoms with Crippen molar-refractivity contribution >= 4 is 157 Å². The molecule has 3 aromatic carbocycles. The maximum Gasteiger partial charge on any atom is 0.409 e. The molecule has 45 heteroatoms. The molecule has 149 heavy (non-hydrogen) atoms. The van der Waals surface area contributed by atoms with Crippen LogP contribution in [0.2, 0.25) is 0 Å². The van der Waals surface area contributed by atoms with Crippen LogP contribution in [0.4, 0.5) is 4.79 Å². The average Bonchev–Trinajstić information content (AvgIpc) is 1.66. The van der Waals surface area contributed by atoms with Gasteiger partial charge in [0.15, 0.2) is 0 Å². The Morgan fingerprint density at radius 1 is 0.510 bits per heavy atom. The molecule has 3 bridgehead atoms. The van der Waals surface area contributed by atoms with E-state index in [2.05, 4.69) is 79.8 Å². The monoisotopic (exact) mass is 2100 g/mol. The molecule has 7 heterocycles. The number of fused-ring (bicyclic) bond motifs is 4. The highest BCUT2D eigenvalue weighted by Gasteiger charge is 2.54. The van der Waals surface area contributed by atoms with Gasteiger partial charge in [0.2, 0.25) is 100 Å². The van der Waals surface area contributed by atoms with E-state index < -0.39 is 251 Å². The van der Waals surface area contributed by atoms with Crippen molar-refractivity contribution in [3.63, 3.8) is 0 Å². The number of benzene rings is 3. The smallest absolute Gasteiger partial charge is 0.409 e. The molecule has 20 N–H and O–H groups in total. The number of carbonyl (C=O) groups is 21. The number of hydrogen-bond donors (Lipinski definition) is 19. The van der Waals surface area contributed by atoms with Gasteiger partial charge >= 0.3 is 24.0 Å². The van der Waals surface area contributed by atoms with Crippen molar-refractivity contribution in [2.24, 2.45) is 11.1 Å². The van der Waals surface area contributed by atoms with Gasteiger partial charge in [-0.25, -0.2) is 9.59 Å². The van der Waals surface area contributed by atoms with E-state index in [4.69, 9.17) is 10.5 Å². The van der Waals surface area contributed by atoms with Gasteiger partial charge in [0.25, 0.3) is 0 Å². The van der Waals surface area contributed by atoms with Crippen LogP contribution >= 0.6 is 22.7 Å². The second-order valence-corrected chi connectivity index (χ2v) is 42.1. The highest BCUT2D eigenvalue weighted by atomic mass is 32.1. The third kappa shape index (κ3) is 32.0. The van der Waals surface area contributed by atoms with Gasteiger partial charge in [0, 0.05) is 63.4 Å². The molecule has 1 aliphatic carbocycles. The van der Waals surface area contributed by atoms with Crippen LogP contribution in [-0.2, 0) is 122 Å². The second-order valence-electron chi connectivity index (χ2n) is 40.4. The fraction of sp³-hybridized carbons (Fsp3) is 0.529. The van der Waals surface area contributed by atoms with Gasteiger partial charge in [-0.05, 0) is 209 Å². The lowest BCUT2D eigenvalue weighted by Gasteiger charge is -2.38. The third-order valence-corrected chi connectivity index (χ3v) is 29.5. The normalized spacial score (nSPS) is 26.9. The van der Waals surface area contributed by atoms with Crippen LogP contribution in [0.1, 0.15) is 228 Å². The van der Waals surface area contributed by atoms with Crippen LogP contribution in [0.5, 0.6) is 0 Å². The number of cyclic esters (lactones) is 1. The summed E-state index contributed by atoms with van der Waals surface area (Å²) >= 11 is 2.61. The van der Waals surface area contributed by atoms with Crippen LogP contribution in [-0.4, -0.2) is 271 Å². The maximum absolute atomic E-state index is 16.2. The van der Waals surface area contributed by atoms with Gasteiger partial charge in [0.1, 0.15) is 88.6 Å². The van der Waals surface area contributed by atoms with Crippen molar-refractivity contribution in [2.45, 2.75) is 310 Å². The Bertz CT molecular complexity index is 5820. The van der Waals surface area contributed by atoms with Gasteiger partial charge in [-0.2, -0.15) is 11.3 Å². The van der Waals surface area contributed by atoms with Gasteiger partial charge in [0.05, 0.1) is 31.6 Å². The maximum atomic E-state index is 16.2.